The zero-order chi connectivity index (χ0) is 23.9. The monoisotopic (exact) mass is 463 g/mol. The molecule has 1 atom stereocenters. The topological polar surface area (TPSA) is 56.6 Å². The third-order valence-electron chi connectivity index (χ3n) is 7.28. The molecule has 4 rings (SSSR count). The highest BCUT2D eigenvalue weighted by Crippen LogP contribution is 2.39. The molecule has 180 valence electrons. The van der Waals surface area contributed by atoms with Crippen molar-refractivity contribution in [3.8, 4) is 11.8 Å². The average molecular weight is 464 g/mol. The molecule has 1 aliphatic heterocycles. The van der Waals surface area contributed by atoms with Crippen LogP contribution in [0.15, 0.2) is 42.5 Å². The summed E-state index contributed by atoms with van der Waals surface area (Å²) in [7, 11) is 0. The minimum atomic E-state index is -0.271. The number of carbonyl (C=O) groups is 1. The Labute approximate surface area is 202 Å². The van der Waals surface area contributed by atoms with Gasteiger partial charge in [0.05, 0.1) is 17.6 Å². The molecule has 1 unspecified atom stereocenters. The van der Waals surface area contributed by atoms with Crippen LogP contribution < -0.4 is 4.74 Å². The van der Waals surface area contributed by atoms with Crippen LogP contribution in [0.3, 0.4) is 0 Å². The molecule has 1 heterocycles. The third-order valence-corrected chi connectivity index (χ3v) is 7.28. The maximum atomic E-state index is 13.4. The van der Waals surface area contributed by atoms with E-state index in [0.29, 0.717) is 31.4 Å². The van der Waals surface area contributed by atoms with E-state index in [2.05, 4.69) is 17.0 Å². The summed E-state index contributed by atoms with van der Waals surface area (Å²) >= 11 is 0. The van der Waals surface area contributed by atoms with E-state index in [4.69, 9.17) is 4.74 Å². The lowest BCUT2D eigenvalue weighted by Crippen LogP contribution is -2.50. The number of nitriles is 1. The van der Waals surface area contributed by atoms with Crippen molar-refractivity contribution in [3.63, 3.8) is 0 Å². The molecule has 34 heavy (non-hydrogen) atoms. The lowest BCUT2D eigenvalue weighted by Gasteiger charge is -2.36. The maximum absolute atomic E-state index is 13.4. The Bertz CT molecular complexity index is 1000. The van der Waals surface area contributed by atoms with Crippen LogP contribution in [0.25, 0.3) is 0 Å². The van der Waals surface area contributed by atoms with Gasteiger partial charge in [0, 0.05) is 32.7 Å². The molecule has 0 radical (unpaired) electrons. The Kier molecular flexibility index (Phi) is 8.18. The predicted molar refractivity (Wildman–Crippen MR) is 130 cm³/mol. The van der Waals surface area contributed by atoms with E-state index in [0.717, 1.165) is 49.2 Å². The molecular weight excluding hydrogens is 429 g/mol. The molecule has 2 aromatic rings. The molecule has 1 amide bonds. The van der Waals surface area contributed by atoms with Gasteiger partial charge in [0.1, 0.15) is 18.2 Å². The van der Waals surface area contributed by atoms with Gasteiger partial charge in [-0.25, -0.2) is 4.39 Å². The maximum Gasteiger partial charge on any atom is 0.229 e. The zero-order valence-electron chi connectivity index (χ0n) is 20.0. The molecule has 1 aliphatic carbocycles. The molecule has 6 heteroatoms. The van der Waals surface area contributed by atoms with Crippen molar-refractivity contribution in [1.29, 1.82) is 5.26 Å². The molecule has 0 bridgehead atoms. The van der Waals surface area contributed by atoms with E-state index < -0.39 is 0 Å². The molecule has 0 aromatic heterocycles. The summed E-state index contributed by atoms with van der Waals surface area (Å²) in [6.45, 7) is 6.28. The minimum absolute atomic E-state index is 0.148. The molecule has 0 N–H and O–H groups in total. The van der Waals surface area contributed by atoms with Crippen molar-refractivity contribution in [2.75, 3.05) is 39.3 Å². The number of halogens is 1. The van der Waals surface area contributed by atoms with Crippen molar-refractivity contribution < 1.29 is 13.9 Å². The molecule has 1 saturated carbocycles. The van der Waals surface area contributed by atoms with Crippen molar-refractivity contribution in [1.82, 2.24) is 9.80 Å². The fraction of sp³-hybridized carbons (Fsp3) is 0.500. The van der Waals surface area contributed by atoms with E-state index in [1.807, 2.05) is 24.0 Å². The number of carbonyl (C=O) groups excluding carboxylic acids is 1. The zero-order valence-corrected chi connectivity index (χ0v) is 20.0. The number of amides is 1. The largest absolute Gasteiger partial charge is 0.492 e. The molecule has 1 saturated heterocycles. The second kappa shape index (κ2) is 11.5. The minimum Gasteiger partial charge on any atom is -0.492 e. The number of piperazine rings is 1. The van der Waals surface area contributed by atoms with Gasteiger partial charge in [0.25, 0.3) is 0 Å². The van der Waals surface area contributed by atoms with E-state index >= 15 is 0 Å². The number of nitrogens with zero attached hydrogens (tertiary/aromatic N) is 3. The first-order valence-corrected chi connectivity index (χ1v) is 12.5. The quantitative estimate of drug-likeness (QED) is 0.575. The molecule has 0 spiro atoms. The van der Waals surface area contributed by atoms with Gasteiger partial charge in [-0.15, -0.1) is 0 Å². The van der Waals surface area contributed by atoms with Crippen LogP contribution in [-0.4, -0.2) is 55.0 Å². The first-order valence-electron chi connectivity index (χ1n) is 12.5. The summed E-state index contributed by atoms with van der Waals surface area (Å²) in [5.74, 6) is 0.672. The Morgan fingerprint density at radius 2 is 1.79 bits per heavy atom. The van der Waals surface area contributed by atoms with E-state index in [1.165, 1.54) is 31.4 Å². The van der Waals surface area contributed by atoms with E-state index in [1.54, 1.807) is 12.1 Å². The van der Waals surface area contributed by atoms with Crippen molar-refractivity contribution >= 4 is 5.91 Å². The van der Waals surface area contributed by atoms with Gasteiger partial charge in [0.2, 0.25) is 5.91 Å². The highest BCUT2D eigenvalue weighted by Gasteiger charge is 2.30. The highest BCUT2D eigenvalue weighted by molar-refractivity contribution is 5.84. The van der Waals surface area contributed by atoms with Gasteiger partial charge < -0.3 is 9.64 Å². The summed E-state index contributed by atoms with van der Waals surface area (Å²) in [5.41, 5.74) is 2.88. The van der Waals surface area contributed by atoms with Crippen LogP contribution in [0.2, 0.25) is 0 Å². The number of benzene rings is 2. The summed E-state index contributed by atoms with van der Waals surface area (Å²) in [5, 5.41) is 9.75. The lowest BCUT2D eigenvalue weighted by molar-refractivity contribution is -0.134. The number of rotatable bonds is 7. The van der Waals surface area contributed by atoms with Crippen LogP contribution in [0.4, 0.5) is 4.39 Å². The van der Waals surface area contributed by atoms with Crippen molar-refractivity contribution in [3.05, 3.63) is 65.0 Å². The van der Waals surface area contributed by atoms with Gasteiger partial charge in [-0.2, -0.15) is 5.26 Å². The molecule has 2 fully saturated rings. The van der Waals surface area contributed by atoms with Crippen LogP contribution in [0, 0.1) is 17.1 Å². The Morgan fingerprint density at radius 1 is 1.09 bits per heavy atom. The highest BCUT2D eigenvalue weighted by atomic mass is 19.1. The van der Waals surface area contributed by atoms with Crippen LogP contribution in [0.1, 0.15) is 67.6 Å². The first-order chi connectivity index (χ1) is 16.6. The standard InChI is InChI=1S/C28H34FN3O2/c1-21(26-9-5-8-23(20-30)27(26)22-6-3-2-4-7-22)28(33)32-16-14-31(15-17-32)18-19-34-25-12-10-24(29)11-13-25/h5,8-13,21-22H,2-4,6-7,14-19H2,1H3. The summed E-state index contributed by atoms with van der Waals surface area (Å²) in [4.78, 5) is 17.7. The SMILES string of the molecule is CC(C(=O)N1CCN(CCOc2ccc(F)cc2)CC1)c1cccc(C#N)c1C1CCCCC1. The van der Waals surface area contributed by atoms with Gasteiger partial charge in [-0.3, -0.25) is 9.69 Å². The summed E-state index contributed by atoms with van der Waals surface area (Å²) in [6.07, 6.45) is 5.85. The number of ether oxygens (including phenoxy) is 1. The molecular formula is C28H34FN3O2. The van der Waals surface area contributed by atoms with Crippen LogP contribution in [0.5, 0.6) is 5.75 Å². The number of hydrogen-bond donors (Lipinski definition) is 0. The third kappa shape index (κ3) is 5.77. The first kappa shape index (κ1) is 24.2. The van der Waals surface area contributed by atoms with Crippen LogP contribution >= 0.6 is 0 Å². The Balaban J connectivity index is 1.33. The Morgan fingerprint density at radius 3 is 2.47 bits per heavy atom. The van der Waals surface area contributed by atoms with E-state index in [-0.39, 0.29) is 17.6 Å². The lowest BCUT2D eigenvalue weighted by atomic mass is 9.77. The molecule has 2 aliphatic rings. The van der Waals surface area contributed by atoms with Gasteiger partial charge in [-0.1, -0.05) is 31.4 Å². The second-order valence-corrected chi connectivity index (χ2v) is 9.45. The normalized spacial score (nSPS) is 18.3. The van der Waals surface area contributed by atoms with Crippen molar-refractivity contribution in [2.45, 2.75) is 50.9 Å². The Hall–Kier alpha value is -2.91. The van der Waals surface area contributed by atoms with Crippen molar-refractivity contribution in [2.24, 2.45) is 0 Å². The summed E-state index contributed by atoms with van der Waals surface area (Å²) in [6, 6.07) is 14.3. The second-order valence-electron chi connectivity index (χ2n) is 9.45. The van der Waals surface area contributed by atoms with E-state index in [9.17, 15) is 14.4 Å². The van der Waals surface area contributed by atoms with Gasteiger partial charge in [-0.05, 0) is 67.1 Å². The van der Waals surface area contributed by atoms with Crippen LogP contribution in [-0.2, 0) is 4.79 Å². The summed E-state index contributed by atoms with van der Waals surface area (Å²) < 4.78 is 18.7. The number of hydrogen-bond acceptors (Lipinski definition) is 4. The fourth-order valence-electron chi connectivity index (χ4n) is 5.33. The average Bonchev–Trinajstić information content (AvgIpc) is 2.89. The smallest absolute Gasteiger partial charge is 0.229 e. The van der Waals surface area contributed by atoms with Gasteiger partial charge in [0.15, 0.2) is 0 Å². The fourth-order valence-corrected chi connectivity index (χ4v) is 5.33. The van der Waals surface area contributed by atoms with Gasteiger partial charge >= 0.3 is 0 Å². The molecule has 2 aromatic carbocycles. The molecule has 5 nitrogen and oxygen atoms in total. The predicted octanol–water partition coefficient (Wildman–Crippen LogP) is 5.07.